The van der Waals surface area contributed by atoms with Crippen LogP contribution in [0.2, 0.25) is 0 Å². The number of hydrogen-bond donors (Lipinski definition) is 0. The van der Waals surface area contributed by atoms with Crippen molar-refractivity contribution in [2.24, 2.45) is 11.8 Å². The Morgan fingerprint density at radius 1 is 1.36 bits per heavy atom. The Bertz CT molecular complexity index is 228. The lowest BCUT2D eigenvalue weighted by molar-refractivity contribution is -0.128. The van der Waals surface area contributed by atoms with Crippen LogP contribution in [-0.2, 0) is 9.59 Å². The first-order valence-corrected chi connectivity index (χ1v) is 6.87. The quantitative estimate of drug-likeness (QED) is 0.330. The van der Waals surface area contributed by atoms with Crippen molar-refractivity contribution in [3.63, 3.8) is 0 Å². The summed E-state index contributed by atoms with van der Waals surface area (Å²) in [5.41, 5.74) is 0. The minimum Gasteiger partial charge on any atom is -0.299 e. The van der Waals surface area contributed by atoms with Crippen LogP contribution < -0.4 is 0 Å². The lowest BCUT2D eigenvalue weighted by atomic mass is 9.79. The van der Waals surface area contributed by atoms with Gasteiger partial charge in [0.05, 0.1) is 5.92 Å². The number of carbonyl (C=O) groups is 2. The average molecular weight is 373 g/mol. The molecule has 0 radical (unpaired) electrons. The van der Waals surface area contributed by atoms with Crippen molar-refractivity contribution in [2.45, 2.75) is 37.4 Å². The zero-order valence-electron chi connectivity index (χ0n) is 8.13. The maximum absolute atomic E-state index is 11.4. The molecule has 80 valence electrons. The largest absolute Gasteiger partial charge is 0.299 e. The number of hydrogen-bond acceptors (Lipinski definition) is 2. The Balaban J connectivity index is 2.75. The van der Waals surface area contributed by atoms with Crippen LogP contribution in [0.25, 0.3) is 0 Å². The summed E-state index contributed by atoms with van der Waals surface area (Å²) in [5.74, 6) is -0.160. The van der Waals surface area contributed by atoms with Crippen LogP contribution in [0, 0.1) is 11.8 Å². The summed E-state index contributed by atoms with van der Waals surface area (Å²) in [7, 11) is 0. The van der Waals surface area contributed by atoms with Gasteiger partial charge in [0.2, 0.25) is 3.79 Å². The van der Waals surface area contributed by atoms with Gasteiger partial charge in [-0.1, -0.05) is 28.8 Å². The molecular formula is C10H14BrIO2. The van der Waals surface area contributed by atoms with Crippen LogP contribution in [0.3, 0.4) is 0 Å². The molecule has 2 nitrogen and oxygen atoms in total. The first-order valence-electron chi connectivity index (χ1n) is 4.88. The van der Waals surface area contributed by atoms with E-state index in [4.69, 9.17) is 0 Å². The van der Waals surface area contributed by atoms with E-state index < -0.39 is 0 Å². The Hall–Kier alpha value is 0.550. The molecule has 0 bridgehead atoms. The Labute approximate surface area is 106 Å². The minimum atomic E-state index is -0.389. The second kappa shape index (κ2) is 5.58. The summed E-state index contributed by atoms with van der Waals surface area (Å²) in [5, 5.41) is 0. The fraction of sp³-hybridized carbons (Fsp3) is 0.800. The van der Waals surface area contributed by atoms with Crippen molar-refractivity contribution in [1.29, 1.82) is 0 Å². The third-order valence-electron chi connectivity index (χ3n) is 2.84. The summed E-state index contributed by atoms with van der Waals surface area (Å²) in [4.78, 5) is 23.1. The van der Waals surface area contributed by atoms with Gasteiger partial charge < -0.3 is 0 Å². The minimum absolute atomic E-state index is 0.00792. The van der Waals surface area contributed by atoms with Crippen molar-refractivity contribution in [3.8, 4) is 0 Å². The highest BCUT2D eigenvalue weighted by atomic mass is 127. The molecule has 2 unspecified atom stereocenters. The highest BCUT2D eigenvalue weighted by Gasteiger charge is 2.36. The van der Waals surface area contributed by atoms with Crippen molar-refractivity contribution in [2.75, 3.05) is 0 Å². The summed E-state index contributed by atoms with van der Waals surface area (Å²) < 4.78 is -0.00792. The first-order chi connectivity index (χ1) is 6.54. The number of alkyl halides is 1. The molecule has 0 aromatic carbocycles. The van der Waals surface area contributed by atoms with Gasteiger partial charge in [-0.3, -0.25) is 9.59 Å². The Morgan fingerprint density at radius 2 is 1.93 bits per heavy atom. The number of Topliss-reactive ketones (excluding diaryl/α,β-unsaturated/α-hetero) is 1. The average Bonchev–Trinajstić information content (AvgIpc) is 2.07. The summed E-state index contributed by atoms with van der Waals surface area (Å²) >= 11 is 5.34. The predicted octanol–water partition coefficient (Wildman–Crippen LogP) is 3.11. The molecular weight excluding hydrogens is 359 g/mol. The summed E-state index contributed by atoms with van der Waals surface area (Å²) in [6, 6.07) is 0. The van der Waals surface area contributed by atoms with Crippen molar-refractivity contribution in [3.05, 3.63) is 0 Å². The van der Waals surface area contributed by atoms with Crippen LogP contribution in [0.5, 0.6) is 0 Å². The van der Waals surface area contributed by atoms with E-state index in [1.165, 1.54) is 13.3 Å². The van der Waals surface area contributed by atoms with Crippen molar-refractivity contribution < 1.29 is 9.59 Å². The third kappa shape index (κ3) is 3.02. The number of halogens is 2. The van der Waals surface area contributed by atoms with Gasteiger partial charge in [0.15, 0.2) is 0 Å². The summed E-state index contributed by atoms with van der Waals surface area (Å²) in [6.07, 6.45) is 4.42. The molecule has 0 amide bonds. The van der Waals surface area contributed by atoms with Crippen LogP contribution in [0.1, 0.15) is 32.6 Å². The number of rotatable bonds is 3. The van der Waals surface area contributed by atoms with E-state index in [-0.39, 0.29) is 21.4 Å². The molecule has 1 aliphatic carbocycles. The molecule has 1 saturated carbocycles. The van der Waals surface area contributed by atoms with Gasteiger partial charge in [0.25, 0.3) is 0 Å². The van der Waals surface area contributed by atoms with Gasteiger partial charge >= 0.3 is 0 Å². The molecule has 0 heterocycles. The fourth-order valence-electron chi connectivity index (χ4n) is 2.12. The van der Waals surface area contributed by atoms with E-state index in [9.17, 15) is 9.59 Å². The zero-order valence-corrected chi connectivity index (χ0v) is 11.9. The molecule has 14 heavy (non-hydrogen) atoms. The Morgan fingerprint density at radius 3 is 2.36 bits per heavy atom. The molecule has 1 aliphatic rings. The standard InChI is InChI=1S/C10H14BrIO2/c1-6(13)9(10(12)14)7-4-2-3-5-8(7)11/h7-9H,2-5H2,1H3/t7?,8?,9-/m1/s1. The van der Waals surface area contributed by atoms with Gasteiger partial charge in [0, 0.05) is 27.4 Å². The van der Waals surface area contributed by atoms with E-state index in [0.717, 1.165) is 19.3 Å². The van der Waals surface area contributed by atoms with Crippen LogP contribution in [-0.4, -0.2) is 14.4 Å². The van der Waals surface area contributed by atoms with Crippen molar-refractivity contribution >= 4 is 48.1 Å². The lowest BCUT2D eigenvalue weighted by Gasteiger charge is -2.31. The maximum Gasteiger partial charge on any atom is 0.203 e. The molecule has 3 atom stereocenters. The monoisotopic (exact) mass is 372 g/mol. The van der Waals surface area contributed by atoms with Gasteiger partial charge in [-0.05, 0) is 25.7 Å². The van der Waals surface area contributed by atoms with Crippen LogP contribution in [0.4, 0.5) is 0 Å². The Kier molecular flexibility index (Phi) is 5.03. The summed E-state index contributed by atoms with van der Waals surface area (Å²) in [6.45, 7) is 1.52. The molecule has 1 fully saturated rings. The predicted molar refractivity (Wildman–Crippen MR) is 67.9 cm³/mol. The normalized spacial score (nSPS) is 29.6. The molecule has 0 saturated heterocycles. The highest BCUT2D eigenvalue weighted by Crippen LogP contribution is 2.36. The molecule has 0 aromatic heterocycles. The second-order valence-electron chi connectivity index (χ2n) is 3.86. The zero-order chi connectivity index (χ0) is 10.7. The SMILES string of the molecule is CC(=O)[C@@H](C(=O)I)C1CCCCC1Br. The lowest BCUT2D eigenvalue weighted by Crippen LogP contribution is -2.34. The van der Waals surface area contributed by atoms with Crippen LogP contribution in [0.15, 0.2) is 0 Å². The second-order valence-corrected chi connectivity index (χ2v) is 6.10. The molecule has 1 rings (SSSR count). The molecule has 0 aliphatic heterocycles. The highest BCUT2D eigenvalue weighted by molar-refractivity contribution is 14.1. The molecule has 0 spiro atoms. The smallest absolute Gasteiger partial charge is 0.203 e. The fourth-order valence-corrected chi connectivity index (χ4v) is 3.91. The van der Waals surface area contributed by atoms with Crippen LogP contribution >= 0.6 is 38.5 Å². The number of ketones is 1. The molecule has 0 N–H and O–H groups in total. The number of carbonyl (C=O) groups excluding carboxylic acids is 2. The third-order valence-corrected chi connectivity index (χ3v) is 4.65. The molecule has 4 heteroatoms. The van der Waals surface area contributed by atoms with E-state index in [0.29, 0.717) is 4.83 Å². The topological polar surface area (TPSA) is 34.1 Å². The van der Waals surface area contributed by atoms with Gasteiger partial charge in [-0.2, -0.15) is 0 Å². The van der Waals surface area contributed by atoms with Gasteiger partial charge in [-0.15, -0.1) is 0 Å². The molecule has 0 aromatic rings. The van der Waals surface area contributed by atoms with E-state index in [1.807, 2.05) is 0 Å². The van der Waals surface area contributed by atoms with Gasteiger partial charge in [-0.25, -0.2) is 0 Å². The van der Waals surface area contributed by atoms with E-state index in [1.54, 1.807) is 22.6 Å². The van der Waals surface area contributed by atoms with Gasteiger partial charge in [0.1, 0.15) is 5.78 Å². The van der Waals surface area contributed by atoms with E-state index >= 15 is 0 Å². The van der Waals surface area contributed by atoms with Crippen molar-refractivity contribution in [1.82, 2.24) is 0 Å². The van der Waals surface area contributed by atoms with E-state index in [2.05, 4.69) is 15.9 Å². The first kappa shape index (κ1) is 12.6. The maximum atomic E-state index is 11.4.